The van der Waals surface area contributed by atoms with Gasteiger partial charge in [-0.05, 0) is 176 Å². The number of para-hydroxylation sites is 3. The van der Waals surface area contributed by atoms with E-state index in [0.717, 1.165) is 50.2 Å². The quantitative estimate of drug-likeness (QED) is 0.0175. The van der Waals surface area contributed by atoms with E-state index in [4.69, 9.17) is 15.3 Å². The topological polar surface area (TPSA) is 306 Å². The first-order valence-electron chi connectivity index (χ1n) is 37.3. The Hall–Kier alpha value is -9.24. The molecule has 0 fully saturated rings. The fraction of sp³-hybridized carbons (Fsp3) is 0.278. The molecule has 19 nitrogen and oxygen atoms in total. The van der Waals surface area contributed by atoms with Gasteiger partial charge in [0.2, 0.25) is 0 Å². The number of aliphatic hydroxyl groups is 6. The third kappa shape index (κ3) is 24.9. The van der Waals surface area contributed by atoms with Gasteiger partial charge in [0, 0.05) is 81.6 Å². The van der Waals surface area contributed by atoms with Gasteiger partial charge in [-0.3, -0.25) is 24.0 Å². The van der Waals surface area contributed by atoms with Crippen molar-refractivity contribution < 1.29 is 113 Å². The van der Waals surface area contributed by atoms with Crippen LogP contribution in [0.5, 0.6) is 0 Å². The minimum absolute atomic E-state index is 0. The van der Waals surface area contributed by atoms with Gasteiger partial charge in [0.15, 0.2) is 0 Å². The maximum absolute atomic E-state index is 14.0. The Kier molecular flexibility index (Phi) is 35.5. The second kappa shape index (κ2) is 44.0. The molecule has 11 N–H and O–H groups in total. The van der Waals surface area contributed by atoms with Crippen LogP contribution in [-0.4, -0.2) is 164 Å². The zero-order valence-electron chi connectivity index (χ0n) is 65.0. The van der Waals surface area contributed by atoms with Crippen LogP contribution >= 0.6 is 0 Å². The molecule has 0 saturated carbocycles. The Labute approximate surface area is 713 Å². The molecule has 0 radical (unpaired) electrons. The number of fused-ring (bicyclic) bond motifs is 1. The number of carbonyl (C=O) groups is 5. The molecule has 11 aromatic rings. The Bertz CT molecular complexity index is 4760. The number of nitrogens with zero attached hydrogens (tertiary/aromatic N) is 3. The first-order valence-corrected chi connectivity index (χ1v) is 37.3. The minimum Gasteiger partial charge on any atom is -0.481 e. The van der Waals surface area contributed by atoms with E-state index in [2.05, 4.69) is 29.0 Å². The molecule has 8 aromatic carbocycles. The number of amides is 2. The van der Waals surface area contributed by atoms with Crippen LogP contribution in [0.3, 0.4) is 0 Å². The number of halogens is 3. The van der Waals surface area contributed by atoms with E-state index in [-0.39, 0.29) is 160 Å². The SMILES string of the molecule is CC(C)c1c(C(=O)Nc2ccccc2)c(-c2ccccc2)c(-c2ccc(F)cc2)n1CC[C@@H](O)C[C@@H](O)CC(=O)O.CC(C)c1c(C(=O)Nc2ccccc2)c(-c2ccccc2)c(-c2ccc(F)cc2)n1CC[C@@H](O)C[C@@H](O)CC(=O)O.CC(C)n1c(/C=C/[C@@H](O)C[C@@H](O)CC(=O)O)c(-c2ccc(F)cc2)c2ccccc21.[Ca+2].[Na+]. The Morgan fingerprint density at radius 2 is 0.728 bits per heavy atom. The first kappa shape index (κ1) is 91.9. The predicted molar refractivity (Wildman–Crippen MR) is 436 cm³/mol. The number of aliphatic carboxylic acids is 3. The standard InChI is InChI=1S/2C33H35FN2O5.C24H26FNO4.Ca.Na/c2*1-21(2)31-30(33(41)35-25-11-7-4-8-12-25)29(22-9-5-3-6-10-22)32(23-13-15-24(34)16-14-23)36(31)18-17-26(37)19-27(38)20-28(39)40;1-15(2)26-21-6-4-3-5-20(21)24(16-7-9-17(25)10-8-16)22(26)12-11-18(27)13-19(28)14-23(29)30;;/h2*3-16,21,26-27,37-38H,17-20H2,1-2H3,(H,35,41)(H,39,40);3-12,15,18-19,27-28H,13-14H2,1-2H3,(H,29,30);;/q;;;+2;+1/b;;12-11+;;/t2*26-,27-;18-,19-;;/m111../s1. The summed E-state index contributed by atoms with van der Waals surface area (Å²) in [7, 11) is 0. The van der Waals surface area contributed by atoms with Crippen LogP contribution in [0, 0.1) is 17.5 Å². The van der Waals surface area contributed by atoms with Crippen LogP contribution in [-0.2, 0) is 27.5 Å². The van der Waals surface area contributed by atoms with Crippen molar-refractivity contribution in [2.45, 2.75) is 160 Å². The fourth-order valence-electron chi connectivity index (χ4n) is 14.2. The predicted octanol–water partition coefficient (Wildman–Crippen LogP) is 13.9. The molecule has 0 spiro atoms. The van der Waals surface area contributed by atoms with E-state index in [1.54, 1.807) is 48.6 Å². The van der Waals surface area contributed by atoms with E-state index in [1.807, 2.05) is 182 Å². The number of carboxylic acid groups (broad SMARTS) is 3. The summed E-state index contributed by atoms with van der Waals surface area (Å²) in [4.78, 5) is 60.8. The third-order valence-electron chi connectivity index (χ3n) is 18.9. The molecule has 0 aliphatic rings. The number of aromatic nitrogens is 3. The summed E-state index contributed by atoms with van der Waals surface area (Å²) in [6, 6.07) is 63.9. The molecule has 0 unspecified atom stereocenters. The van der Waals surface area contributed by atoms with E-state index >= 15 is 0 Å². The summed E-state index contributed by atoms with van der Waals surface area (Å²) < 4.78 is 47.6. The minimum atomic E-state index is -1.18. The van der Waals surface area contributed by atoms with Gasteiger partial charge in [0.1, 0.15) is 17.5 Å². The summed E-state index contributed by atoms with van der Waals surface area (Å²) >= 11 is 0. The van der Waals surface area contributed by atoms with Crippen molar-refractivity contribution in [2.24, 2.45) is 0 Å². The van der Waals surface area contributed by atoms with Gasteiger partial charge in [-0.1, -0.05) is 161 Å². The number of anilines is 2. The van der Waals surface area contributed by atoms with Crippen molar-refractivity contribution in [2.75, 3.05) is 10.6 Å². The second-order valence-corrected chi connectivity index (χ2v) is 28.5. The Morgan fingerprint density at radius 3 is 1.08 bits per heavy atom. The number of benzene rings is 8. The average molecular weight is 1590 g/mol. The van der Waals surface area contributed by atoms with Crippen LogP contribution in [0.2, 0.25) is 0 Å². The molecule has 6 atom stereocenters. The van der Waals surface area contributed by atoms with Crippen LogP contribution < -0.4 is 40.2 Å². The summed E-state index contributed by atoms with van der Waals surface area (Å²) in [6.07, 6.45) is -4.29. The number of aliphatic hydroxyl groups excluding tert-OH is 6. The second-order valence-electron chi connectivity index (χ2n) is 28.5. The van der Waals surface area contributed by atoms with Crippen LogP contribution in [0.4, 0.5) is 24.5 Å². The Morgan fingerprint density at radius 1 is 0.404 bits per heavy atom. The van der Waals surface area contributed by atoms with Crippen LogP contribution in [0.15, 0.2) is 224 Å². The number of rotatable bonds is 32. The van der Waals surface area contributed by atoms with E-state index in [1.165, 1.54) is 36.4 Å². The number of hydrogen-bond donors (Lipinski definition) is 11. The van der Waals surface area contributed by atoms with Gasteiger partial charge in [-0.2, -0.15) is 0 Å². The van der Waals surface area contributed by atoms with Crippen LogP contribution in [0.25, 0.3) is 72.9 Å². The molecular formula is C90H96CaF3N5NaO14+3. The Balaban J connectivity index is 0.000000238. The molecule has 0 saturated heterocycles. The van der Waals surface area contributed by atoms with Crippen molar-refractivity contribution in [3.8, 4) is 55.9 Å². The number of nitrogens with one attached hydrogen (secondary N) is 2. The normalized spacial score (nSPS) is 12.8. The van der Waals surface area contributed by atoms with Crippen molar-refractivity contribution >= 4 is 95.8 Å². The van der Waals surface area contributed by atoms with Crippen LogP contribution in [0.1, 0.15) is 149 Å². The summed E-state index contributed by atoms with van der Waals surface area (Å²) in [5.74, 6) is -5.30. The molecule has 586 valence electrons. The van der Waals surface area contributed by atoms with Gasteiger partial charge in [0.05, 0.1) is 78.4 Å². The van der Waals surface area contributed by atoms with Crippen molar-refractivity contribution in [3.63, 3.8) is 0 Å². The molecule has 0 bridgehead atoms. The molecule has 0 aliphatic heterocycles. The van der Waals surface area contributed by atoms with E-state index < -0.39 is 73.8 Å². The van der Waals surface area contributed by atoms with Crippen molar-refractivity contribution in [1.29, 1.82) is 0 Å². The largest absolute Gasteiger partial charge is 2.00 e. The summed E-state index contributed by atoms with van der Waals surface area (Å²) in [6.45, 7) is 12.6. The molecule has 3 heterocycles. The molecule has 114 heavy (non-hydrogen) atoms. The number of carbonyl (C=O) groups excluding carboxylic acids is 2. The summed E-state index contributed by atoms with van der Waals surface area (Å²) in [5, 5.41) is 95.4. The maximum atomic E-state index is 14.0. The van der Waals surface area contributed by atoms with Gasteiger partial charge in [-0.25, -0.2) is 13.2 Å². The third-order valence-corrected chi connectivity index (χ3v) is 18.9. The molecule has 24 heteroatoms. The average Bonchev–Trinajstić information content (AvgIpc) is 1.60. The molecule has 3 aromatic heterocycles. The molecule has 2 amide bonds. The smallest absolute Gasteiger partial charge is 0.481 e. The van der Waals surface area contributed by atoms with E-state index in [0.29, 0.717) is 56.1 Å². The van der Waals surface area contributed by atoms with Crippen molar-refractivity contribution in [1.82, 2.24) is 13.7 Å². The van der Waals surface area contributed by atoms with Gasteiger partial charge in [-0.15, -0.1) is 0 Å². The number of hydrogen-bond acceptors (Lipinski definition) is 11. The summed E-state index contributed by atoms with van der Waals surface area (Å²) in [5.41, 5.74) is 13.2. The van der Waals surface area contributed by atoms with Gasteiger partial charge in [0.25, 0.3) is 11.8 Å². The number of carboxylic acids is 3. The fourth-order valence-corrected chi connectivity index (χ4v) is 14.2. The van der Waals surface area contributed by atoms with Gasteiger partial charge >= 0.3 is 85.2 Å². The van der Waals surface area contributed by atoms with Gasteiger partial charge < -0.3 is 70.3 Å². The molecular weight excluding hydrogens is 1500 g/mol. The van der Waals surface area contributed by atoms with E-state index in [9.17, 15) is 67.8 Å². The zero-order chi connectivity index (χ0) is 80.9. The zero-order valence-corrected chi connectivity index (χ0v) is 69.2. The maximum Gasteiger partial charge on any atom is 2.00 e. The first-order chi connectivity index (χ1) is 53.6. The van der Waals surface area contributed by atoms with Crippen molar-refractivity contribution in [3.05, 3.63) is 270 Å². The monoisotopic (exact) mass is 1590 g/mol. The molecule has 11 rings (SSSR count). The molecule has 0 aliphatic carbocycles.